The summed E-state index contributed by atoms with van der Waals surface area (Å²) in [5.41, 5.74) is -1.24. The van der Waals surface area contributed by atoms with Crippen LogP contribution in [0.1, 0.15) is 6.42 Å². The topological polar surface area (TPSA) is 57.6 Å². The van der Waals surface area contributed by atoms with Crippen LogP contribution in [0, 0.1) is 0 Å². The van der Waals surface area contributed by atoms with Gasteiger partial charge in [-0.15, -0.1) is 0 Å². The molecule has 1 atom stereocenters. The molecule has 0 aromatic heterocycles. The van der Waals surface area contributed by atoms with Crippen LogP contribution in [-0.2, 0) is 9.59 Å². The number of hydrogen-bond acceptors (Lipinski definition) is 3. The van der Waals surface area contributed by atoms with E-state index >= 15 is 0 Å². The molecule has 1 amide bonds. The van der Waals surface area contributed by atoms with Crippen molar-refractivity contribution in [1.82, 2.24) is 4.90 Å². The van der Waals surface area contributed by atoms with E-state index in [0.29, 0.717) is 4.90 Å². The van der Waals surface area contributed by atoms with E-state index in [2.05, 4.69) is 0 Å². The maximum atomic E-state index is 13.0. The number of aliphatic carboxylic acids is 1. The first-order valence-corrected chi connectivity index (χ1v) is 4.74. The predicted octanol–water partition coefficient (Wildman–Crippen LogP) is 1.15. The zero-order valence-corrected chi connectivity index (χ0v) is 7.85. The zero-order chi connectivity index (χ0) is 11.4. The maximum Gasteiger partial charge on any atom is 0.355 e. The van der Waals surface area contributed by atoms with E-state index in [9.17, 15) is 22.8 Å². The minimum atomic E-state index is -3.87. The van der Waals surface area contributed by atoms with Crippen molar-refractivity contribution in [2.24, 2.45) is 0 Å². The number of halogens is 3. The molecule has 8 heteroatoms. The summed E-state index contributed by atoms with van der Waals surface area (Å²) >= 11 is -0.0530. The van der Waals surface area contributed by atoms with Crippen LogP contribution in [0.3, 0.4) is 0 Å². The number of rotatable bonds is 1. The second-order valence-electron chi connectivity index (χ2n) is 3.02. The number of β-lactam (4-membered cyclic amide) rings is 1. The quantitative estimate of drug-likeness (QED) is 0.697. The van der Waals surface area contributed by atoms with Crippen LogP contribution in [0.25, 0.3) is 0 Å². The number of carbonyl (C=O) groups is 2. The predicted molar refractivity (Wildman–Crippen MR) is 43.6 cm³/mol. The van der Waals surface area contributed by atoms with Crippen molar-refractivity contribution < 1.29 is 27.9 Å². The van der Waals surface area contributed by atoms with Crippen LogP contribution >= 0.6 is 11.8 Å². The SMILES string of the molecule is O=C(O)C1=C(F)C(F)(F)S[C@@H]2CC(=O)N12. The lowest BCUT2D eigenvalue weighted by atomic mass is 10.1. The Kier molecular flexibility index (Phi) is 2.00. The fourth-order valence-corrected chi connectivity index (χ4v) is 2.51. The van der Waals surface area contributed by atoms with Crippen molar-refractivity contribution in [3.8, 4) is 0 Å². The molecule has 2 rings (SSSR count). The minimum absolute atomic E-state index is 0.0530. The molecule has 2 heterocycles. The minimum Gasteiger partial charge on any atom is -0.476 e. The van der Waals surface area contributed by atoms with Crippen LogP contribution in [-0.4, -0.2) is 32.5 Å². The van der Waals surface area contributed by atoms with Gasteiger partial charge < -0.3 is 5.11 Å². The van der Waals surface area contributed by atoms with Crippen LogP contribution in [0.4, 0.5) is 13.2 Å². The van der Waals surface area contributed by atoms with Gasteiger partial charge in [0.05, 0.1) is 11.8 Å². The lowest BCUT2D eigenvalue weighted by Gasteiger charge is -2.44. The number of nitrogens with zero attached hydrogens (tertiary/aromatic N) is 1. The number of thioether (sulfide) groups is 1. The van der Waals surface area contributed by atoms with E-state index in [1.807, 2.05) is 0 Å². The molecule has 1 fully saturated rings. The van der Waals surface area contributed by atoms with E-state index in [1.54, 1.807) is 0 Å². The molecule has 0 saturated carbocycles. The molecular weight excluding hydrogens is 235 g/mol. The Morgan fingerprint density at radius 2 is 2.20 bits per heavy atom. The first-order chi connectivity index (χ1) is 6.84. The molecule has 0 aromatic carbocycles. The number of carbonyl (C=O) groups excluding carboxylic acids is 1. The van der Waals surface area contributed by atoms with Gasteiger partial charge >= 0.3 is 11.2 Å². The van der Waals surface area contributed by atoms with Gasteiger partial charge in [0.15, 0.2) is 5.70 Å². The fraction of sp³-hybridized carbons (Fsp3) is 0.429. The summed E-state index contributed by atoms with van der Waals surface area (Å²) in [4.78, 5) is 22.0. The summed E-state index contributed by atoms with van der Waals surface area (Å²) in [6, 6.07) is 0. The summed E-state index contributed by atoms with van der Waals surface area (Å²) < 4.78 is 38.9. The summed E-state index contributed by atoms with van der Waals surface area (Å²) in [5.74, 6) is -4.58. The fourth-order valence-electron chi connectivity index (χ4n) is 1.41. The molecule has 0 spiro atoms. The Balaban J connectivity index is 2.50. The van der Waals surface area contributed by atoms with Crippen molar-refractivity contribution in [3.05, 3.63) is 11.5 Å². The Morgan fingerprint density at radius 3 is 2.67 bits per heavy atom. The average Bonchev–Trinajstić information content (AvgIpc) is 2.09. The van der Waals surface area contributed by atoms with Gasteiger partial charge in [0.1, 0.15) is 0 Å². The van der Waals surface area contributed by atoms with Gasteiger partial charge in [-0.3, -0.25) is 9.69 Å². The molecule has 0 radical (unpaired) electrons. The molecule has 1 saturated heterocycles. The average molecular weight is 239 g/mol. The van der Waals surface area contributed by atoms with Crippen molar-refractivity contribution >= 4 is 23.6 Å². The van der Waals surface area contributed by atoms with Crippen LogP contribution in [0.5, 0.6) is 0 Å². The standard InChI is InChI=1S/C7H4F3NO3S/c8-5-4(6(13)14)11-2(12)1-3(11)15-7(5,9)10/h3H,1H2,(H,13,14)/t3-/m1/s1. The van der Waals surface area contributed by atoms with Gasteiger partial charge in [-0.05, 0) is 0 Å². The zero-order valence-electron chi connectivity index (χ0n) is 7.04. The van der Waals surface area contributed by atoms with E-state index in [1.165, 1.54) is 0 Å². The van der Waals surface area contributed by atoms with Crippen molar-refractivity contribution in [1.29, 1.82) is 0 Å². The molecular formula is C7H4F3NO3S. The maximum absolute atomic E-state index is 13.0. The van der Waals surface area contributed by atoms with E-state index in [0.717, 1.165) is 0 Å². The Morgan fingerprint density at radius 1 is 1.60 bits per heavy atom. The Labute approximate surface area is 85.7 Å². The van der Waals surface area contributed by atoms with E-state index in [-0.39, 0.29) is 18.2 Å². The molecule has 4 nitrogen and oxygen atoms in total. The number of alkyl halides is 2. The molecule has 15 heavy (non-hydrogen) atoms. The summed E-state index contributed by atoms with van der Waals surface area (Å²) in [6.45, 7) is 0. The monoisotopic (exact) mass is 239 g/mol. The van der Waals surface area contributed by atoms with Gasteiger partial charge in [-0.2, -0.15) is 8.78 Å². The van der Waals surface area contributed by atoms with E-state index < -0.39 is 34.0 Å². The Bertz CT molecular complexity index is 395. The number of fused-ring (bicyclic) bond motifs is 1. The third-order valence-electron chi connectivity index (χ3n) is 2.10. The van der Waals surface area contributed by atoms with Gasteiger partial charge in [0.2, 0.25) is 11.7 Å². The number of carboxylic acids is 1. The largest absolute Gasteiger partial charge is 0.476 e. The molecule has 1 N–H and O–H groups in total. The second kappa shape index (κ2) is 2.91. The molecule has 2 aliphatic rings. The van der Waals surface area contributed by atoms with Gasteiger partial charge in [-0.1, -0.05) is 11.8 Å². The lowest BCUT2D eigenvalue weighted by molar-refractivity contribution is -0.147. The number of hydrogen-bond donors (Lipinski definition) is 1. The smallest absolute Gasteiger partial charge is 0.355 e. The van der Waals surface area contributed by atoms with Gasteiger partial charge in [-0.25, -0.2) is 9.18 Å². The van der Waals surface area contributed by atoms with Crippen LogP contribution in [0.2, 0.25) is 0 Å². The summed E-state index contributed by atoms with van der Waals surface area (Å²) in [5, 5.41) is 3.71. The highest BCUT2D eigenvalue weighted by molar-refractivity contribution is 8.01. The first-order valence-electron chi connectivity index (χ1n) is 3.86. The van der Waals surface area contributed by atoms with Crippen LogP contribution in [0.15, 0.2) is 11.5 Å². The molecule has 0 aliphatic carbocycles. The van der Waals surface area contributed by atoms with Gasteiger partial charge in [0, 0.05) is 0 Å². The summed E-state index contributed by atoms with van der Waals surface area (Å²) in [6.07, 6.45) is -0.190. The van der Waals surface area contributed by atoms with Crippen molar-refractivity contribution in [2.75, 3.05) is 0 Å². The highest BCUT2D eigenvalue weighted by Gasteiger charge is 2.56. The highest BCUT2D eigenvalue weighted by Crippen LogP contribution is 2.52. The summed E-state index contributed by atoms with van der Waals surface area (Å²) in [7, 11) is 0. The van der Waals surface area contributed by atoms with Crippen LogP contribution < -0.4 is 0 Å². The van der Waals surface area contributed by atoms with Gasteiger partial charge in [0.25, 0.3) is 0 Å². The molecule has 0 aromatic rings. The normalized spacial score (nSPS) is 28.6. The first kappa shape index (κ1) is 10.3. The van der Waals surface area contributed by atoms with E-state index in [4.69, 9.17) is 5.11 Å². The number of amides is 1. The third kappa shape index (κ3) is 1.31. The lowest BCUT2D eigenvalue weighted by Crippen LogP contribution is -2.56. The van der Waals surface area contributed by atoms with Crippen molar-refractivity contribution in [3.63, 3.8) is 0 Å². The number of carboxylic acid groups (broad SMARTS) is 1. The third-order valence-corrected chi connectivity index (χ3v) is 3.22. The Hall–Kier alpha value is -1.18. The second-order valence-corrected chi connectivity index (χ2v) is 4.32. The molecule has 0 unspecified atom stereocenters. The highest BCUT2D eigenvalue weighted by atomic mass is 32.2. The van der Waals surface area contributed by atoms with Crippen molar-refractivity contribution in [2.45, 2.75) is 17.0 Å². The molecule has 2 aliphatic heterocycles. The molecule has 82 valence electrons. The molecule has 0 bridgehead atoms.